The molecule has 1 aromatic rings. The molecule has 5 nitrogen and oxygen atoms in total. The van der Waals surface area contributed by atoms with Gasteiger partial charge in [-0.2, -0.15) is 0 Å². The van der Waals surface area contributed by atoms with E-state index in [4.69, 9.17) is 14.2 Å². The molecule has 0 saturated carbocycles. The van der Waals surface area contributed by atoms with Gasteiger partial charge in [0.05, 0.1) is 19.8 Å². The average molecular weight is 300 g/mol. The molecule has 0 amide bonds. The van der Waals surface area contributed by atoms with Crippen LogP contribution in [0.25, 0.3) is 0 Å². The molecule has 114 valence electrons. The fraction of sp³-hybridized carbons (Fsp3) is 0.294. The van der Waals surface area contributed by atoms with Crippen molar-refractivity contribution in [3.8, 4) is 11.5 Å². The minimum atomic E-state index is -1.61. The smallest absolute Gasteiger partial charge is 0.254 e. The number of hydrogen-bond donors (Lipinski definition) is 0. The summed E-state index contributed by atoms with van der Waals surface area (Å²) in [6.45, 7) is 3.49. The second-order valence-corrected chi connectivity index (χ2v) is 5.37. The molecule has 1 atom stereocenters. The van der Waals surface area contributed by atoms with Crippen molar-refractivity contribution in [2.24, 2.45) is 0 Å². The van der Waals surface area contributed by atoms with Crippen molar-refractivity contribution in [2.45, 2.75) is 19.4 Å². The molecular weight excluding hydrogens is 284 g/mol. The molecule has 1 unspecified atom stereocenters. The summed E-state index contributed by atoms with van der Waals surface area (Å²) in [4.78, 5) is 25.5. The number of methoxy groups -OCH3 is 2. The van der Waals surface area contributed by atoms with E-state index in [1.54, 1.807) is 32.1 Å². The molecule has 0 fully saturated rings. The number of allylic oxidation sites excluding steroid dienone is 1. The quantitative estimate of drug-likeness (QED) is 0.785. The molecule has 1 spiro atoms. The van der Waals surface area contributed by atoms with E-state index in [2.05, 4.69) is 0 Å². The fourth-order valence-electron chi connectivity index (χ4n) is 2.92. The topological polar surface area (TPSA) is 61.8 Å². The van der Waals surface area contributed by atoms with Crippen LogP contribution in [-0.4, -0.2) is 31.4 Å². The second kappa shape index (κ2) is 4.73. The Morgan fingerprint density at radius 2 is 1.77 bits per heavy atom. The molecule has 1 aliphatic heterocycles. The molecule has 5 heteroatoms. The van der Waals surface area contributed by atoms with Crippen molar-refractivity contribution in [3.05, 3.63) is 46.7 Å². The summed E-state index contributed by atoms with van der Waals surface area (Å²) in [5.41, 5.74) is 0.0486. The van der Waals surface area contributed by atoms with Crippen LogP contribution in [0.4, 0.5) is 0 Å². The summed E-state index contributed by atoms with van der Waals surface area (Å²) in [6.07, 6.45) is 2.95. The number of carbonyl (C=O) groups excluding carboxylic acids is 2. The lowest BCUT2D eigenvalue weighted by Gasteiger charge is -2.28. The zero-order chi connectivity index (χ0) is 16.1. The van der Waals surface area contributed by atoms with Crippen molar-refractivity contribution in [3.63, 3.8) is 0 Å². The van der Waals surface area contributed by atoms with Crippen molar-refractivity contribution in [2.75, 3.05) is 14.2 Å². The molecule has 3 rings (SSSR count). The van der Waals surface area contributed by atoms with Gasteiger partial charge < -0.3 is 14.2 Å². The highest BCUT2D eigenvalue weighted by Crippen LogP contribution is 2.44. The summed E-state index contributed by atoms with van der Waals surface area (Å²) in [5, 5.41) is 0. The zero-order valence-corrected chi connectivity index (χ0v) is 12.9. The highest BCUT2D eigenvalue weighted by Gasteiger charge is 2.56. The summed E-state index contributed by atoms with van der Waals surface area (Å²) < 4.78 is 16.1. The molecule has 0 N–H and O–H groups in total. The van der Waals surface area contributed by atoms with Gasteiger partial charge in [-0.25, -0.2) is 0 Å². The number of ether oxygens (including phenoxy) is 3. The monoisotopic (exact) mass is 300 g/mol. The fourth-order valence-corrected chi connectivity index (χ4v) is 2.92. The largest absolute Gasteiger partial charge is 0.497 e. The van der Waals surface area contributed by atoms with Gasteiger partial charge in [0.1, 0.15) is 17.3 Å². The first-order chi connectivity index (χ1) is 10.4. The van der Waals surface area contributed by atoms with Gasteiger partial charge in [0.25, 0.3) is 5.60 Å². The molecule has 1 aliphatic carbocycles. The molecule has 0 saturated heterocycles. The number of rotatable bonds is 2. The summed E-state index contributed by atoms with van der Waals surface area (Å²) in [7, 11) is 3.01. The first-order valence-electron chi connectivity index (χ1n) is 6.85. The molecule has 1 heterocycles. The van der Waals surface area contributed by atoms with Gasteiger partial charge >= 0.3 is 0 Å². The molecule has 2 aliphatic rings. The van der Waals surface area contributed by atoms with Crippen LogP contribution >= 0.6 is 0 Å². The van der Waals surface area contributed by atoms with Crippen LogP contribution in [0.2, 0.25) is 0 Å². The summed E-state index contributed by atoms with van der Waals surface area (Å²) in [6, 6.07) is 3.38. The predicted octanol–water partition coefficient (Wildman–Crippen LogP) is 2.38. The Bertz CT molecular complexity index is 757. The number of aryl methyl sites for hydroxylation is 1. The van der Waals surface area contributed by atoms with Crippen LogP contribution in [0.3, 0.4) is 0 Å². The maximum Gasteiger partial charge on any atom is 0.254 e. The number of benzene rings is 1. The van der Waals surface area contributed by atoms with Gasteiger partial charge in [-0.15, -0.1) is 0 Å². The zero-order valence-electron chi connectivity index (χ0n) is 12.9. The third-order valence-corrected chi connectivity index (χ3v) is 4.09. The Hall–Kier alpha value is -2.56. The third-order valence-electron chi connectivity index (χ3n) is 4.09. The van der Waals surface area contributed by atoms with E-state index in [-0.39, 0.29) is 5.78 Å². The first kappa shape index (κ1) is 14.4. The Morgan fingerprint density at radius 1 is 1.05 bits per heavy atom. The van der Waals surface area contributed by atoms with Crippen molar-refractivity contribution < 1.29 is 23.8 Å². The van der Waals surface area contributed by atoms with Crippen LogP contribution in [0, 0.1) is 6.92 Å². The van der Waals surface area contributed by atoms with Gasteiger partial charge in [0.15, 0.2) is 0 Å². The lowest BCUT2D eigenvalue weighted by atomic mass is 9.80. The van der Waals surface area contributed by atoms with Crippen LogP contribution in [0.15, 0.2) is 35.6 Å². The third kappa shape index (κ3) is 1.71. The minimum Gasteiger partial charge on any atom is -0.497 e. The van der Waals surface area contributed by atoms with E-state index in [9.17, 15) is 9.59 Å². The molecular formula is C17H16O5. The summed E-state index contributed by atoms with van der Waals surface area (Å²) in [5.74, 6) is 0.600. The average Bonchev–Trinajstić information content (AvgIpc) is 2.79. The first-order valence-corrected chi connectivity index (χ1v) is 6.85. The highest BCUT2D eigenvalue weighted by atomic mass is 16.5. The van der Waals surface area contributed by atoms with Gasteiger partial charge in [-0.05, 0) is 37.1 Å². The van der Waals surface area contributed by atoms with Crippen LogP contribution in [0.1, 0.15) is 22.8 Å². The number of carbonyl (C=O) groups is 2. The van der Waals surface area contributed by atoms with Crippen molar-refractivity contribution in [1.29, 1.82) is 0 Å². The lowest BCUT2D eigenvalue weighted by molar-refractivity contribution is -0.123. The maximum atomic E-state index is 12.9. The van der Waals surface area contributed by atoms with E-state index < -0.39 is 11.4 Å². The molecule has 1 aromatic carbocycles. The van der Waals surface area contributed by atoms with E-state index in [1.807, 2.05) is 0 Å². The normalized spacial score (nSPS) is 22.9. The Balaban J connectivity index is 2.15. The van der Waals surface area contributed by atoms with Crippen LogP contribution in [-0.2, 0) is 9.53 Å². The molecule has 22 heavy (non-hydrogen) atoms. The van der Waals surface area contributed by atoms with E-state index in [1.165, 1.54) is 20.3 Å². The Kier molecular flexibility index (Phi) is 3.09. The van der Waals surface area contributed by atoms with E-state index in [0.717, 1.165) is 5.56 Å². The lowest BCUT2D eigenvalue weighted by Crippen LogP contribution is -2.50. The molecule has 0 aromatic heterocycles. The Labute approximate surface area is 128 Å². The number of fused-ring (bicyclic) bond motifs is 1. The second-order valence-electron chi connectivity index (χ2n) is 5.37. The van der Waals surface area contributed by atoms with Crippen molar-refractivity contribution >= 4 is 11.6 Å². The van der Waals surface area contributed by atoms with Gasteiger partial charge in [0.2, 0.25) is 11.6 Å². The van der Waals surface area contributed by atoms with Gasteiger partial charge in [-0.3, -0.25) is 9.59 Å². The standard InChI is InChI=1S/C17H16O5/c1-9-5-11(20-3)7-13-15(9)16(19)17(22-13)10(2)6-12(21-4)8-14(17)18/h5-8H,1-4H3. The molecule has 0 bridgehead atoms. The van der Waals surface area contributed by atoms with Gasteiger partial charge in [-0.1, -0.05) is 0 Å². The maximum absolute atomic E-state index is 12.9. The van der Waals surface area contributed by atoms with Crippen LogP contribution in [0.5, 0.6) is 11.5 Å². The van der Waals surface area contributed by atoms with Crippen molar-refractivity contribution in [1.82, 2.24) is 0 Å². The van der Waals surface area contributed by atoms with E-state index >= 15 is 0 Å². The van der Waals surface area contributed by atoms with Crippen LogP contribution < -0.4 is 9.47 Å². The predicted molar refractivity (Wildman–Crippen MR) is 79.3 cm³/mol. The number of Topliss-reactive ketones (excluding diaryl/α,β-unsaturated/α-hetero) is 1. The van der Waals surface area contributed by atoms with Gasteiger partial charge in [0, 0.05) is 12.1 Å². The molecule has 0 radical (unpaired) electrons. The minimum absolute atomic E-state index is 0.340. The number of ketones is 2. The van der Waals surface area contributed by atoms with E-state index in [0.29, 0.717) is 28.4 Å². The summed E-state index contributed by atoms with van der Waals surface area (Å²) >= 11 is 0. The highest BCUT2D eigenvalue weighted by molar-refractivity contribution is 6.27. The number of hydrogen-bond acceptors (Lipinski definition) is 5. The SMILES string of the molecule is COC1=CC(=O)C2(Oc3cc(OC)cc(C)c3C2=O)C(C)=C1. The Morgan fingerprint density at radius 3 is 2.36 bits per heavy atom.